The zero-order valence-corrected chi connectivity index (χ0v) is 18.5. The molecule has 0 aliphatic heterocycles. The molecule has 1 atom stereocenters. The van der Waals surface area contributed by atoms with Gasteiger partial charge in [-0.1, -0.05) is 56.8 Å². The molecule has 1 amide bonds. The van der Waals surface area contributed by atoms with Crippen LogP contribution >= 0.6 is 11.8 Å². The third kappa shape index (κ3) is 5.36. The highest BCUT2D eigenvalue weighted by molar-refractivity contribution is 8.00. The van der Waals surface area contributed by atoms with Crippen molar-refractivity contribution in [3.05, 3.63) is 59.7 Å². The molecule has 0 aliphatic rings. The van der Waals surface area contributed by atoms with Crippen LogP contribution in [0.25, 0.3) is 11.5 Å². The molecule has 0 bridgehead atoms. The van der Waals surface area contributed by atoms with Gasteiger partial charge >= 0.3 is 0 Å². The van der Waals surface area contributed by atoms with Crippen LogP contribution in [0.15, 0.2) is 58.2 Å². The molecule has 2 aromatic carbocycles. The van der Waals surface area contributed by atoms with Crippen molar-refractivity contribution in [1.29, 1.82) is 0 Å². The highest BCUT2D eigenvalue weighted by Crippen LogP contribution is 2.29. The van der Waals surface area contributed by atoms with E-state index in [1.165, 1.54) is 24.2 Å². The van der Waals surface area contributed by atoms with Crippen LogP contribution in [0.2, 0.25) is 0 Å². The number of rotatable bonds is 6. The van der Waals surface area contributed by atoms with E-state index < -0.39 is 5.25 Å². The van der Waals surface area contributed by atoms with E-state index in [0.717, 1.165) is 5.56 Å². The number of carbonyl (C=O) groups excluding carboxylic acids is 2. The van der Waals surface area contributed by atoms with E-state index in [1.807, 2.05) is 12.1 Å². The molecule has 0 aliphatic carbocycles. The molecule has 6 nitrogen and oxygen atoms in total. The minimum Gasteiger partial charge on any atom is -0.411 e. The van der Waals surface area contributed by atoms with Crippen molar-refractivity contribution in [2.24, 2.45) is 0 Å². The lowest BCUT2D eigenvalue weighted by molar-refractivity contribution is -0.115. The average Bonchev–Trinajstić information content (AvgIpc) is 3.16. The Morgan fingerprint density at radius 2 is 1.77 bits per heavy atom. The zero-order valence-electron chi connectivity index (χ0n) is 17.7. The number of nitrogens with one attached hydrogen (secondary N) is 1. The molecule has 1 N–H and O–H groups in total. The summed E-state index contributed by atoms with van der Waals surface area (Å²) in [6.45, 7) is 9.73. The van der Waals surface area contributed by atoms with Crippen molar-refractivity contribution in [1.82, 2.24) is 10.2 Å². The number of carbonyl (C=O) groups is 2. The number of thioether (sulfide) groups is 1. The second-order valence-corrected chi connectivity index (χ2v) is 9.38. The molecule has 30 heavy (non-hydrogen) atoms. The number of Topliss-reactive ketones (excluding diaryl/α,β-unsaturated/α-hetero) is 1. The lowest BCUT2D eigenvalue weighted by Gasteiger charge is -2.18. The fourth-order valence-electron chi connectivity index (χ4n) is 2.75. The van der Waals surface area contributed by atoms with Gasteiger partial charge in [-0.3, -0.25) is 9.59 Å². The summed E-state index contributed by atoms with van der Waals surface area (Å²) >= 11 is 1.19. The van der Waals surface area contributed by atoms with Gasteiger partial charge in [-0.25, -0.2) is 0 Å². The lowest BCUT2D eigenvalue weighted by Crippen LogP contribution is -2.22. The topological polar surface area (TPSA) is 85.1 Å². The molecular weight excluding hydrogens is 398 g/mol. The van der Waals surface area contributed by atoms with E-state index in [9.17, 15) is 9.59 Å². The van der Waals surface area contributed by atoms with Crippen molar-refractivity contribution in [3.63, 3.8) is 0 Å². The molecule has 3 aromatic rings. The minimum absolute atomic E-state index is 0.0533. The van der Waals surface area contributed by atoms with Crippen molar-refractivity contribution in [3.8, 4) is 11.5 Å². The van der Waals surface area contributed by atoms with Gasteiger partial charge in [0.25, 0.3) is 5.22 Å². The first-order chi connectivity index (χ1) is 14.1. The Hall–Kier alpha value is -2.93. The molecule has 0 spiro atoms. The molecular formula is C23H25N3O3S. The van der Waals surface area contributed by atoms with Crippen LogP contribution < -0.4 is 5.32 Å². The third-order valence-electron chi connectivity index (χ3n) is 4.59. The Morgan fingerprint density at radius 1 is 1.07 bits per heavy atom. The van der Waals surface area contributed by atoms with Crippen molar-refractivity contribution >= 4 is 29.1 Å². The van der Waals surface area contributed by atoms with Gasteiger partial charge in [-0.2, -0.15) is 0 Å². The Labute approximate surface area is 180 Å². The minimum atomic E-state index is -0.456. The van der Waals surface area contributed by atoms with Crippen LogP contribution in [-0.2, 0) is 10.2 Å². The van der Waals surface area contributed by atoms with Gasteiger partial charge in [0.2, 0.25) is 11.8 Å². The van der Waals surface area contributed by atoms with Crippen molar-refractivity contribution in [2.75, 3.05) is 5.32 Å². The van der Waals surface area contributed by atoms with E-state index in [1.54, 1.807) is 31.2 Å². The molecule has 0 unspecified atom stereocenters. The fraction of sp³-hybridized carbons (Fsp3) is 0.304. The highest BCUT2D eigenvalue weighted by Gasteiger charge is 2.20. The van der Waals surface area contributed by atoms with Crippen LogP contribution in [0.1, 0.15) is 50.5 Å². The lowest BCUT2D eigenvalue weighted by atomic mass is 9.87. The fourth-order valence-corrected chi connectivity index (χ4v) is 3.43. The maximum absolute atomic E-state index is 12.5. The molecule has 0 saturated heterocycles. The molecule has 0 saturated carbocycles. The Balaban J connectivity index is 1.64. The summed E-state index contributed by atoms with van der Waals surface area (Å²) in [6, 6.07) is 14.9. The van der Waals surface area contributed by atoms with Gasteiger partial charge < -0.3 is 9.73 Å². The quantitative estimate of drug-likeness (QED) is 0.425. The maximum atomic E-state index is 12.5. The summed E-state index contributed by atoms with van der Waals surface area (Å²) in [7, 11) is 0. The Morgan fingerprint density at radius 3 is 2.40 bits per heavy atom. The van der Waals surface area contributed by atoms with E-state index in [-0.39, 0.29) is 17.1 Å². The maximum Gasteiger partial charge on any atom is 0.277 e. The summed E-state index contributed by atoms with van der Waals surface area (Å²) in [4.78, 5) is 24.0. The third-order valence-corrected chi connectivity index (χ3v) is 5.52. The predicted octanol–water partition coefficient (Wildman–Crippen LogP) is 5.36. The van der Waals surface area contributed by atoms with Gasteiger partial charge in [0.15, 0.2) is 5.78 Å². The SMILES string of the molecule is CC(=O)c1cccc(NC(=O)[C@H](C)Sc2nnc(-c3ccc(C(C)(C)C)cc3)o2)c1. The predicted molar refractivity (Wildman–Crippen MR) is 119 cm³/mol. The number of benzene rings is 2. The molecule has 7 heteroatoms. The normalized spacial score (nSPS) is 12.4. The van der Waals surface area contributed by atoms with E-state index in [2.05, 4.69) is 48.4 Å². The van der Waals surface area contributed by atoms with Gasteiger partial charge in [-0.15, -0.1) is 10.2 Å². The number of hydrogen-bond acceptors (Lipinski definition) is 6. The number of amides is 1. The highest BCUT2D eigenvalue weighted by atomic mass is 32.2. The smallest absolute Gasteiger partial charge is 0.277 e. The van der Waals surface area contributed by atoms with E-state index in [0.29, 0.717) is 22.4 Å². The van der Waals surface area contributed by atoms with Crippen LogP contribution in [-0.4, -0.2) is 27.1 Å². The first-order valence-electron chi connectivity index (χ1n) is 9.66. The van der Waals surface area contributed by atoms with E-state index >= 15 is 0 Å². The van der Waals surface area contributed by atoms with E-state index in [4.69, 9.17) is 4.42 Å². The van der Waals surface area contributed by atoms with Crippen LogP contribution in [0.3, 0.4) is 0 Å². The van der Waals surface area contributed by atoms with Crippen LogP contribution in [0, 0.1) is 0 Å². The Kier molecular flexibility index (Phi) is 6.41. The molecule has 0 fully saturated rings. The second kappa shape index (κ2) is 8.83. The van der Waals surface area contributed by atoms with Crippen molar-refractivity contribution < 1.29 is 14.0 Å². The number of anilines is 1. The van der Waals surface area contributed by atoms with Gasteiger partial charge in [0, 0.05) is 16.8 Å². The van der Waals surface area contributed by atoms with Crippen LogP contribution in [0.5, 0.6) is 0 Å². The van der Waals surface area contributed by atoms with Crippen molar-refractivity contribution in [2.45, 2.75) is 50.5 Å². The summed E-state index contributed by atoms with van der Waals surface area (Å²) in [6.07, 6.45) is 0. The van der Waals surface area contributed by atoms with Gasteiger partial charge in [0.05, 0.1) is 5.25 Å². The average molecular weight is 424 g/mol. The molecule has 3 rings (SSSR count). The monoisotopic (exact) mass is 423 g/mol. The zero-order chi connectivity index (χ0) is 21.9. The summed E-state index contributed by atoms with van der Waals surface area (Å²) < 4.78 is 5.73. The molecule has 1 aromatic heterocycles. The second-order valence-electron chi connectivity index (χ2n) is 8.09. The van der Waals surface area contributed by atoms with Gasteiger partial charge in [-0.05, 0) is 49.1 Å². The summed E-state index contributed by atoms with van der Waals surface area (Å²) in [5.41, 5.74) is 3.25. The molecule has 0 radical (unpaired) electrons. The number of aromatic nitrogens is 2. The molecule has 156 valence electrons. The number of nitrogens with zero attached hydrogens (tertiary/aromatic N) is 2. The number of ketones is 1. The summed E-state index contributed by atoms with van der Waals surface area (Å²) in [5.74, 6) is 0.150. The summed E-state index contributed by atoms with van der Waals surface area (Å²) in [5, 5.41) is 10.8. The number of hydrogen-bond donors (Lipinski definition) is 1. The first-order valence-corrected chi connectivity index (χ1v) is 10.5. The van der Waals surface area contributed by atoms with Gasteiger partial charge in [0.1, 0.15) is 0 Å². The van der Waals surface area contributed by atoms with Crippen LogP contribution in [0.4, 0.5) is 5.69 Å². The molecule has 1 heterocycles. The Bertz CT molecular complexity index is 1050. The standard InChI is InChI=1S/C23H25N3O3S/c1-14(27)17-7-6-8-19(13-17)24-20(28)15(2)30-22-26-25-21(29-22)16-9-11-18(12-10-16)23(3,4)5/h6-13,15H,1-5H3,(H,24,28)/t15-/m0/s1. The first kappa shape index (κ1) is 21.8. The largest absolute Gasteiger partial charge is 0.411 e.